The van der Waals surface area contributed by atoms with Crippen molar-refractivity contribution in [1.29, 1.82) is 0 Å². The lowest BCUT2D eigenvalue weighted by Crippen LogP contribution is -2.35. The van der Waals surface area contributed by atoms with Crippen LogP contribution in [-0.2, 0) is 4.79 Å². The van der Waals surface area contributed by atoms with Crippen LogP contribution in [0, 0.1) is 5.92 Å². The minimum atomic E-state index is 0.00500. The highest BCUT2D eigenvalue weighted by Gasteiger charge is 2.38. The SMILES string of the molecule is NC[C@@H]1CN(C(=O)C2CCSc3ccccc32)C[C@H]1c1ccccc1. The quantitative estimate of drug-likeness (QED) is 0.920. The molecular formula is C21H24N2OS. The van der Waals surface area contributed by atoms with Crippen molar-refractivity contribution in [2.75, 3.05) is 25.4 Å². The van der Waals surface area contributed by atoms with Gasteiger partial charge in [-0.05, 0) is 41.8 Å². The van der Waals surface area contributed by atoms with E-state index in [1.54, 1.807) is 0 Å². The third-order valence-electron chi connectivity index (χ3n) is 5.54. The van der Waals surface area contributed by atoms with E-state index in [0.717, 1.165) is 25.3 Å². The fourth-order valence-corrected chi connectivity index (χ4v) is 5.31. The van der Waals surface area contributed by atoms with Gasteiger partial charge in [-0.2, -0.15) is 0 Å². The molecule has 4 heteroatoms. The van der Waals surface area contributed by atoms with Gasteiger partial charge in [-0.25, -0.2) is 0 Å². The second-order valence-electron chi connectivity index (χ2n) is 6.98. The van der Waals surface area contributed by atoms with Gasteiger partial charge in [-0.15, -0.1) is 11.8 Å². The molecular weight excluding hydrogens is 328 g/mol. The summed E-state index contributed by atoms with van der Waals surface area (Å²) in [6.45, 7) is 2.19. The molecule has 130 valence electrons. The zero-order chi connectivity index (χ0) is 17.2. The number of benzene rings is 2. The first-order valence-electron chi connectivity index (χ1n) is 9.03. The van der Waals surface area contributed by atoms with E-state index in [-0.39, 0.29) is 11.8 Å². The molecule has 0 bridgehead atoms. The average molecular weight is 353 g/mol. The molecule has 3 atom stereocenters. The van der Waals surface area contributed by atoms with E-state index in [9.17, 15) is 4.79 Å². The van der Waals surface area contributed by atoms with Crippen LogP contribution < -0.4 is 5.73 Å². The summed E-state index contributed by atoms with van der Waals surface area (Å²) < 4.78 is 0. The Kier molecular flexibility index (Phi) is 4.82. The largest absolute Gasteiger partial charge is 0.341 e. The van der Waals surface area contributed by atoms with Crippen LogP contribution in [0.2, 0.25) is 0 Å². The Bertz CT molecular complexity index is 749. The van der Waals surface area contributed by atoms with Crippen LogP contribution in [0.4, 0.5) is 0 Å². The van der Waals surface area contributed by atoms with Crippen molar-refractivity contribution in [3.05, 3.63) is 65.7 Å². The first kappa shape index (κ1) is 16.7. The number of nitrogens with two attached hydrogens (primary N) is 1. The molecule has 2 N–H and O–H groups in total. The number of thioether (sulfide) groups is 1. The fourth-order valence-electron chi connectivity index (χ4n) is 4.19. The molecule has 0 saturated carbocycles. The number of fused-ring (bicyclic) bond motifs is 1. The number of amides is 1. The molecule has 3 nitrogen and oxygen atoms in total. The van der Waals surface area contributed by atoms with E-state index in [1.165, 1.54) is 16.0 Å². The Hall–Kier alpha value is -1.78. The Labute approximate surface area is 153 Å². The Balaban J connectivity index is 1.56. The molecule has 2 aliphatic rings. The lowest BCUT2D eigenvalue weighted by molar-refractivity contribution is -0.132. The molecule has 0 aromatic heterocycles. The molecule has 25 heavy (non-hydrogen) atoms. The van der Waals surface area contributed by atoms with Crippen LogP contribution in [0.15, 0.2) is 59.5 Å². The summed E-state index contributed by atoms with van der Waals surface area (Å²) in [4.78, 5) is 16.6. The maximum Gasteiger partial charge on any atom is 0.230 e. The number of carbonyl (C=O) groups excluding carboxylic acids is 1. The van der Waals surface area contributed by atoms with Gasteiger partial charge in [0.25, 0.3) is 0 Å². The number of rotatable bonds is 3. The van der Waals surface area contributed by atoms with Gasteiger partial charge in [0.15, 0.2) is 0 Å². The first-order valence-corrected chi connectivity index (χ1v) is 10.0. The van der Waals surface area contributed by atoms with Crippen LogP contribution >= 0.6 is 11.8 Å². The van der Waals surface area contributed by atoms with Crippen molar-refractivity contribution in [2.45, 2.75) is 23.2 Å². The summed E-state index contributed by atoms with van der Waals surface area (Å²) in [5, 5.41) is 0. The molecule has 0 aliphatic carbocycles. The van der Waals surface area contributed by atoms with E-state index in [2.05, 4.69) is 47.4 Å². The van der Waals surface area contributed by atoms with Crippen molar-refractivity contribution in [1.82, 2.24) is 4.90 Å². The summed E-state index contributed by atoms with van der Waals surface area (Å²) in [7, 11) is 0. The zero-order valence-corrected chi connectivity index (χ0v) is 15.1. The zero-order valence-electron chi connectivity index (χ0n) is 14.3. The summed E-state index contributed by atoms with van der Waals surface area (Å²) >= 11 is 1.86. The number of carbonyl (C=O) groups is 1. The second kappa shape index (κ2) is 7.22. The molecule has 1 amide bonds. The molecule has 0 spiro atoms. The lowest BCUT2D eigenvalue weighted by Gasteiger charge is -2.28. The highest BCUT2D eigenvalue weighted by molar-refractivity contribution is 7.99. The Morgan fingerprint density at radius 2 is 1.84 bits per heavy atom. The lowest BCUT2D eigenvalue weighted by atomic mass is 9.89. The number of hydrogen-bond donors (Lipinski definition) is 1. The Morgan fingerprint density at radius 3 is 2.64 bits per heavy atom. The number of hydrogen-bond acceptors (Lipinski definition) is 3. The van der Waals surface area contributed by atoms with Crippen LogP contribution in [0.3, 0.4) is 0 Å². The average Bonchev–Trinajstić information content (AvgIpc) is 3.12. The predicted molar refractivity (Wildman–Crippen MR) is 103 cm³/mol. The van der Waals surface area contributed by atoms with Gasteiger partial charge in [-0.1, -0.05) is 48.5 Å². The van der Waals surface area contributed by atoms with Crippen LogP contribution in [0.5, 0.6) is 0 Å². The van der Waals surface area contributed by atoms with Gasteiger partial charge < -0.3 is 10.6 Å². The summed E-state index contributed by atoms with van der Waals surface area (Å²) in [6.07, 6.45) is 0.931. The molecule has 0 radical (unpaired) electrons. The van der Waals surface area contributed by atoms with E-state index in [4.69, 9.17) is 5.73 Å². The van der Waals surface area contributed by atoms with Gasteiger partial charge in [0.05, 0.1) is 5.92 Å². The maximum atomic E-state index is 13.3. The van der Waals surface area contributed by atoms with Crippen molar-refractivity contribution >= 4 is 17.7 Å². The third kappa shape index (κ3) is 3.21. The molecule has 4 rings (SSSR count). The van der Waals surface area contributed by atoms with Crippen LogP contribution in [0.1, 0.15) is 29.4 Å². The van der Waals surface area contributed by atoms with E-state index < -0.39 is 0 Å². The molecule has 2 aliphatic heterocycles. The van der Waals surface area contributed by atoms with Crippen LogP contribution in [0.25, 0.3) is 0 Å². The maximum absolute atomic E-state index is 13.3. The summed E-state index contributed by atoms with van der Waals surface area (Å²) in [6, 6.07) is 18.9. The van der Waals surface area contributed by atoms with Crippen molar-refractivity contribution in [3.8, 4) is 0 Å². The van der Waals surface area contributed by atoms with Gasteiger partial charge in [0.2, 0.25) is 5.91 Å². The molecule has 2 aromatic carbocycles. The predicted octanol–water partition coefficient (Wildman–Crippen LogP) is 3.47. The van der Waals surface area contributed by atoms with Crippen LogP contribution in [-0.4, -0.2) is 36.2 Å². The fraction of sp³-hybridized carbons (Fsp3) is 0.381. The second-order valence-corrected chi connectivity index (χ2v) is 8.12. The smallest absolute Gasteiger partial charge is 0.230 e. The van der Waals surface area contributed by atoms with Crippen molar-refractivity contribution < 1.29 is 4.79 Å². The van der Waals surface area contributed by atoms with E-state index in [0.29, 0.717) is 18.4 Å². The minimum Gasteiger partial charge on any atom is -0.341 e. The number of nitrogens with zero attached hydrogens (tertiary/aromatic N) is 1. The van der Waals surface area contributed by atoms with E-state index in [1.807, 2.05) is 23.9 Å². The molecule has 2 aromatic rings. The third-order valence-corrected chi connectivity index (χ3v) is 6.66. The van der Waals surface area contributed by atoms with E-state index >= 15 is 0 Å². The molecule has 1 unspecified atom stereocenters. The highest BCUT2D eigenvalue weighted by Crippen LogP contribution is 2.40. The van der Waals surface area contributed by atoms with Gasteiger partial charge in [0, 0.05) is 23.9 Å². The van der Waals surface area contributed by atoms with Crippen molar-refractivity contribution in [3.63, 3.8) is 0 Å². The molecule has 1 fully saturated rings. The summed E-state index contributed by atoms with van der Waals surface area (Å²) in [5.74, 6) is 2.00. The normalized spacial score (nSPS) is 25.6. The van der Waals surface area contributed by atoms with Gasteiger partial charge >= 0.3 is 0 Å². The number of likely N-dealkylation sites (tertiary alicyclic amines) is 1. The summed E-state index contributed by atoms with van der Waals surface area (Å²) in [5.41, 5.74) is 8.54. The van der Waals surface area contributed by atoms with Gasteiger partial charge in [0.1, 0.15) is 0 Å². The van der Waals surface area contributed by atoms with Gasteiger partial charge in [-0.3, -0.25) is 4.79 Å². The Morgan fingerprint density at radius 1 is 1.08 bits per heavy atom. The minimum absolute atomic E-state index is 0.00500. The topological polar surface area (TPSA) is 46.3 Å². The molecule has 1 saturated heterocycles. The monoisotopic (exact) mass is 352 g/mol. The molecule has 2 heterocycles. The van der Waals surface area contributed by atoms with Crippen molar-refractivity contribution in [2.24, 2.45) is 11.7 Å². The highest BCUT2D eigenvalue weighted by atomic mass is 32.2. The first-order chi connectivity index (χ1) is 12.3. The standard InChI is InChI=1S/C21H24N2OS/c22-12-16-13-23(14-19(16)15-6-2-1-3-7-15)21(24)18-10-11-25-20-9-5-4-8-17(18)20/h1-9,16,18-19H,10-14,22H2/t16-,18?,19+/m1/s1.